The average molecular weight is 371 g/mol. The first-order valence-corrected chi connectivity index (χ1v) is 8.42. The molecule has 0 amide bonds. The fourth-order valence-corrected chi connectivity index (χ4v) is 4.42. The Hall–Kier alpha value is -0.290. The van der Waals surface area contributed by atoms with Crippen LogP contribution in [0.4, 0.5) is 0 Å². The van der Waals surface area contributed by atoms with Crippen LogP contribution in [0, 0.1) is 8.99 Å². The maximum Gasteiger partial charge on any atom is 0.120 e. The average Bonchev–Trinajstić information content (AvgIpc) is 2.44. The number of rotatable bonds is 3. The molecule has 2 saturated carbocycles. The van der Waals surface area contributed by atoms with Gasteiger partial charge in [-0.3, -0.25) is 0 Å². The Balaban J connectivity index is 1.74. The van der Waals surface area contributed by atoms with Crippen molar-refractivity contribution in [3.8, 4) is 5.75 Å². The summed E-state index contributed by atoms with van der Waals surface area (Å²) in [4.78, 5) is 0. The molecule has 19 heavy (non-hydrogen) atoms. The van der Waals surface area contributed by atoms with Crippen molar-refractivity contribution in [1.82, 2.24) is 5.32 Å². The molecule has 2 fully saturated rings. The van der Waals surface area contributed by atoms with Crippen LogP contribution < -0.4 is 10.1 Å². The largest absolute Gasteiger partial charge is 0.490 e. The summed E-state index contributed by atoms with van der Waals surface area (Å²) in [7, 11) is 2.10. The molecule has 2 nitrogen and oxygen atoms in total. The Kier molecular flexibility index (Phi) is 4.03. The van der Waals surface area contributed by atoms with Crippen LogP contribution in [0.2, 0.25) is 0 Å². The van der Waals surface area contributed by atoms with E-state index in [4.69, 9.17) is 4.74 Å². The molecule has 0 radical (unpaired) electrons. The molecule has 3 rings (SSSR count). The van der Waals surface area contributed by atoms with Crippen molar-refractivity contribution in [1.29, 1.82) is 0 Å². The van der Waals surface area contributed by atoms with E-state index in [-0.39, 0.29) is 0 Å². The van der Waals surface area contributed by atoms with Gasteiger partial charge in [-0.25, -0.2) is 0 Å². The van der Waals surface area contributed by atoms with Gasteiger partial charge >= 0.3 is 0 Å². The number of benzene rings is 1. The molecule has 1 spiro atoms. The second-order valence-corrected chi connectivity index (χ2v) is 7.18. The third-order valence-electron chi connectivity index (χ3n) is 4.99. The number of hydrogen-bond donors (Lipinski definition) is 1. The van der Waals surface area contributed by atoms with Gasteiger partial charge < -0.3 is 10.1 Å². The highest BCUT2D eigenvalue weighted by molar-refractivity contribution is 14.1. The molecule has 0 aromatic heterocycles. The highest BCUT2D eigenvalue weighted by Crippen LogP contribution is 2.53. The minimum Gasteiger partial charge on any atom is -0.490 e. The lowest BCUT2D eigenvalue weighted by atomic mass is 9.55. The van der Waals surface area contributed by atoms with Crippen molar-refractivity contribution in [2.45, 2.75) is 50.7 Å². The maximum absolute atomic E-state index is 6.31. The van der Waals surface area contributed by atoms with Crippen LogP contribution in [0.5, 0.6) is 5.75 Å². The van der Waals surface area contributed by atoms with Crippen molar-refractivity contribution in [2.75, 3.05) is 7.05 Å². The van der Waals surface area contributed by atoms with Gasteiger partial charge in [-0.2, -0.15) is 0 Å². The summed E-state index contributed by atoms with van der Waals surface area (Å²) in [6, 6.07) is 9.08. The number of halogens is 1. The molecular weight excluding hydrogens is 349 g/mol. The van der Waals surface area contributed by atoms with Crippen LogP contribution in [-0.2, 0) is 0 Å². The molecule has 0 heterocycles. The highest BCUT2D eigenvalue weighted by atomic mass is 127. The van der Waals surface area contributed by atoms with Gasteiger partial charge in [-0.1, -0.05) is 25.3 Å². The lowest BCUT2D eigenvalue weighted by Gasteiger charge is -2.57. The Morgan fingerprint density at radius 1 is 1.26 bits per heavy atom. The van der Waals surface area contributed by atoms with Gasteiger partial charge in [0.2, 0.25) is 0 Å². The number of ether oxygens (including phenoxy) is 1. The summed E-state index contributed by atoms with van der Waals surface area (Å²) in [5.41, 5.74) is 0.397. The van der Waals surface area contributed by atoms with Crippen LogP contribution >= 0.6 is 22.6 Å². The Morgan fingerprint density at radius 2 is 2.05 bits per heavy atom. The van der Waals surface area contributed by atoms with Crippen molar-refractivity contribution in [3.63, 3.8) is 0 Å². The molecule has 1 aromatic carbocycles. The predicted octanol–water partition coefficient (Wildman–Crippen LogP) is 3.98. The van der Waals surface area contributed by atoms with Gasteiger partial charge in [0.25, 0.3) is 0 Å². The van der Waals surface area contributed by atoms with Crippen molar-refractivity contribution >= 4 is 22.6 Å². The summed E-state index contributed by atoms with van der Waals surface area (Å²) in [6.45, 7) is 0. The molecule has 2 aliphatic rings. The first-order chi connectivity index (χ1) is 9.24. The van der Waals surface area contributed by atoms with Crippen LogP contribution in [0.3, 0.4) is 0 Å². The van der Waals surface area contributed by atoms with E-state index in [0.717, 1.165) is 12.2 Å². The van der Waals surface area contributed by atoms with E-state index >= 15 is 0 Å². The molecule has 1 N–H and O–H groups in total. The molecule has 0 aliphatic heterocycles. The molecular formula is C16H22INO. The Morgan fingerprint density at radius 3 is 2.74 bits per heavy atom. The molecule has 1 aromatic rings. The van der Waals surface area contributed by atoms with E-state index in [1.54, 1.807) is 0 Å². The van der Waals surface area contributed by atoms with E-state index in [0.29, 0.717) is 17.6 Å². The van der Waals surface area contributed by atoms with Crippen molar-refractivity contribution in [3.05, 3.63) is 27.8 Å². The summed E-state index contributed by atoms with van der Waals surface area (Å²) >= 11 is 2.35. The van der Waals surface area contributed by atoms with E-state index in [9.17, 15) is 0 Å². The lowest BCUT2D eigenvalue weighted by Crippen LogP contribution is -2.64. The number of nitrogens with one attached hydrogen (secondary N) is 1. The van der Waals surface area contributed by atoms with Crippen LogP contribution in [0.1, 0.15) is 38.5 Å². The Labute approximate surface area is 129 Å². The molecule has 2 atom stereocenters. The minimum absolute atomic E-state index is 0.397. The molecule has 0 saturated heterocycles. The monoisotopic (exact) mass is 371 g/mol. The minimum atomic E-state index is 0.397. The topological polar surface area (TPSA) is 21.3 Å². The van der Waals surface area contributed by atoms with E-state index in [2.05, 4.69) is 59.2 Å². The first-order valence-electron chi connectivity index (χ1n) is 7.34. The fourth-order valence-electron chi connectivity index (χ4n) is 3.90. The normalized spacial score (nSPS) is 28.9. The van der Waals surface area contributed by atoms with E-state index < -0.39 is 0 Å². The summed E-state index contributed by atoms with van der Waals surface area (Å²) in [5, 5.41) is 3.51. The van der Waals surface area contributed by atoms with Crippen LogP contribution in [-0.4, -0.2) is 19.2 Å². The molecule has 2 unspecified atom stereocenters. The standard InChI is InChI=1S/C16H22INO/c1-18-14-11-15(16(14)8-3-2-4-9-16)19-13-7-5-6-12(17)10-13/h5-7,10,14-15,18H,2-4,8-9,11H2,1H3. The lowest BCUT2D eigenvalue weighted by molar-refractivity contribution is -0.100. The van der Waals surface area contributed by atoms with E-state index in [1.807, 2.05) is 0 Å². The second-order valence-electron chi connectivity index (χ2n) is 5.93. The van der Waals surface area contributed by atoms with E-state index in [1.165, 1.54) is 35.7 Å². The molecule has 3 heteroatoms. The summed E-state index contributed by atoms with van der Waals surface area (Å²) in [5.74, 6) is 1.04. The van der Waals surface area contributed by atoms with Gasteiger partial charge in [-0.05, 0) is 60.7 Å². The van der Waals surface area contributed by atoms with Crippen LogP contribution in [0.15, 0.2) is 24.3 Å². The smallest absolute Gasteiger partial charge is 0.120 e. The predicted molar refractivity (Wildman–Crippen MR) is 86.6 cm³/mol. The fraction of sp³-hybridized carbons (Fsp3) is 0.625. The second kappa shape index (κ2) is 5.60. The first kappa shape index (κ1) is 13.7. The number of hydrogen-bond acceptors (Lipinski definition) is 2. The highest BCUT2D eigenvalue weighted by Gasteiger charge is 2.55. The Bertz CT molecular complexity index is 442. The van der Waals surface area contributed by atoms with Crippen LogP contribution in [0.25, 0.3) is 0 Å². The van der Waals surface area contributed by atoms with Crippen molar-refractivity contribution in [2.24, 2.45) is 5.41 Å². The van der Waals surface area contributed by atoms with Gasteiger partial charge in [0.05, 0.1) is 0 Å². The summed E-state index contributed by atoms with van der Waals surface area (Å²) in [6.07, 6.45) is 8.34. The van der Waals surface area contributed by atoms with Crippen molar-refractivity contribution < 1.29 is 4.74 Å². The van der Waals surface area contributed by atoms with Gasteiger partial charge in [0, 0.05) is 21.4 Å². The maximum atomic E-state index is 6.31. The van der Waals surface area contributed by atoms with Gasteiger partial charge in [0.15, 0.2) is 0 Å². The van der Waals surface area contributed by atoms with Gasteiger partial charge in [-0.15, -0.1) is 0 Å². The zero-order valence-electron chi connectivity index (χ0n) is 11.5. The molecule has 104 valence electrons. The molecule has 2 aliphatic carbocycles. The quantitative estimate of drug-likeness (QED) is 0.812. The zero-order valence-corrected chi connectivity index (χ0v) is 13.7. The van der Waals surface area contributed by atoms with Gasteiger partial charge in [0.1, 0.15) is 11.9 Å². The SMILES string of the molecule is CNC1CC(Oc2cccc(I)c2)C12CCCCC2. The molecule has 0 bridgehead atoms. The third-order valence-corrected chi connectivity index (χ3v) is 5.66. The third kappa shape index (κ3) is 2.51. The summed E-state index contributed by atoms with van der Waals surface area (Å²) < 4.78 is 7.56. The zero-order chi connectivity index (χ0) is 13.3.